The van der Waals surface area contributed by atoms with Crippen molar-refractivity contribution in [3.05, 3.63) is 29.3 Å². The van der Waals surface area contributed by atoms with Crippen molar-refractivity contribution in [1.29, 1.82) is 0 Å². The largest absolute Gasteiger partial charge is 0.493 e. The van der Waals surface area contributed by atoms with Crippen LogP contribution in [0.1, 0.15) is 37.8 Å². The van der Waals surface area contributed by atoms with Crippen LogP contribution in [-0.4, -0.2) is 31.8 Å². The second-order valence-electron chi connectivity index (χ2n) is 5.32. The molecule has 1 rings (SSSR count). The van der Waals surface area contributed by atoms with Crippen LogP contribution in [0.3, 0.4) is 0 Å². The molecule has 0 aliphatic heterocycles. The Morgan fingerprint density at radius 3 is 2.22 bits per heavy atom. The van der Waals surface area contributed by atoms with Gasteiger partial charge in [0.05, 0.1) is 19.8 Å². The predicted octanol–water partition coefficient (Wildman–Crippen LogP) is 3.20. The molecule has 0 amide bonds. The molecule has 0 aliphatic carbocycles. The van der Waals surface area contributed by atoms with Crippen molar-refractivity contribution in [2.75, 3.05) is 19.8 Å². The van der Waals surface area contributed by atoms with Crippen LogP contribution in [0, 0.1) is 19.8 Å². The lowest BCUT2D eigenvalue weighted by atomic mass is 10.0. The van der Waals surface area contributed by atoms with Gasteiger partial charge in [-0.05, 0) is 57.7 Å². The highest BCUT2D eigenvalue weighted by atomic mass is 16.6. The van der Waals surface area contributed by atoms with Gasteiger partial charge in [0.15, 0.2) is 5.92 Å². The third kappa shape index (κ3) is 6.30. The first-order valence-electron chi connectivity index (χ1n) is 8.02. The van der Waals surface area contributed by atoms with Crippen LogP contribution in [0.25, 0.3) is 0 Å². The van der Waals surface area contributed by atoms with E-state index in [1.54, 1.807) is 13.8 Å². The average Bonchev–Trinajstić information content (AvgIpc) is 2.50. The average molecular weight is 322 g/mol. The van der Waals surface area contributed by atoms with Crippen LogP contribution in [0.4, 0.5) is 0 Å². The van der Waals surface area contributed by atoms with Crippen molar-refractivity contribution in [2.45, 2.75) is 40.5 Å². The molecule has 0 radical (unpaired) electrons. The van der Waals surface area contributed by atoms with E-state index in [1.165, 1.54) is 0 Å². The predicted molar refractivity (Wildman–Crippen MR) is 87.4 cm³/mol. The molecule has 0 saturated heterocycles. The standard InChI is InChI=1S/C18H26O5/c1-5-21-17(19)15(18(20)22-6-2)8-7-11-23-16-12-13(3)9-10-14(16)4/h9-10,12,15H,5-8,11H2,1-4H3. The first-order chi connectivity index (χ1) is 11.0. The van der Waals surface area contributed by atoms with Gasteiger partial charge < -0.3 is 14.2 Å². The first-order valence-corrected chi connectivity index (χ1v) is 8.02. The highest BCUT2D eigenvalue weighted by Crippen LogP contribution is 2.20. The maximum Gasteiger partial charge on any atom is 0.320 e. The number of hydrogen-bond acceptors (Lipinski definition) is 5. The lowest BCUT2D eigenvalue weighted by molar-refractivity contribution is -0.162. The van der Waals surface area contributed by atoms with Crippen LogP contribution in [-0.2, 0) is 19.1 Å². The van der Waals surface area contributed by atoms with E-state index in [9.17, 15) is 9.59 Å². The molecule has 0 aromatic heterocycles. The Labute approximate surface area is 137 Å². The number of aryl methyl sites for hydroxylation is 2. The number of carbonyl (C=O) groups is 2. The fourth-order valence-corrected chi connectivity index (χ4v) is 2.15. The van der Waals surface area contributed by atoms with E-state index in [4.69, 9.17) is 14.2 Å². The molecule has 0 saturated carbocycles. The molecule has 5 nitrogen and oxygen atoms in total. The molecule has 0 N–H and O–H groups in total. The van der Waals surface area contributed by atoms with Gasteiger partial charge in [0.2, 0.25) is 0 Å². The fourth-order valence-electron chi connectivity index (χ4n) is 2.15. The zero-order chi connectivity index (χ0) is 17.2. The molecular formula is C18H26O5. The Kier molecular flexibility index (Phi) is 8.16. The number of hydrogen-bond donors (Lipinski definition) is 0. The quantitative estimate of drug-likeness (QED) is 0.397. The number of esters is 2. The molecule has 128 valence electrons. The molecule has 23 heavy (non-hydrogen) atoms. The van der Waals surface area contributed by atoms with Crippen molar-refractivity contribution < 1.29 is 23.8 Å². The monoisotopic (exact) mass is 322 g/mol. The molecule has 0 unspecified atom stereocenters. The van der Waals surface area contributed by atoms with E-state index in [2.05, 4.69) is 0 Å². The lowest BCUT2D eigenvalue weighted by Gasteiger charge is -2.15. The van der Waals surface area contributed by atoms with Crippen molar-refractivity contribution >= 4 is 11.9 Å². The first kappa shape index (κ1) is 19.0. The molecule has 1 aromatic rings. The SMILES string of the molecule is CCOC(=O)C(CCCOc1cc(C)ccc1C)C(=O)OCC. The van der Waals surface area contributed by atoms with Gasteiger partial charge >= 0.3 is 11.9 Å². The molecule has 0 spiro atoms. The second kappa shape index (κ2) is 9.87. The number of rotatable bonds is 9. The Morgan fingerprint density at radius 2 is 1.65 bits per heavy atom. The van der Waals surface area contributed by atoms with Crippen molar-refractivity contribution in [2.24, 2.45) is 5.92 Å². The maximum atomic E-state index is 11.9. The van der Waals surface area contributed by atoms with Crippen LogP contribution in [0.5, 0.6) is 5.75 Å². The number of carbonyl (C=O) groups excluding carboxylic acids is 2. The minimum Gasteiger partial charge on any atom is -0.493 e. The van der Waals surface area contributed by atoms with Crippen LogP contribution >= 0.6 is 0 Å². The molecule has 0 heterocycles. The maximum absolute atomic E-state index is 11.9. The highest BCUT2D eigenvalue weighted by Gasteiger charge is 2.28. The zero-order valence-corrected chi connectivity index (χ0v) is 14.4. The van der Waals surface area contributed by atoms with E-state index >= 15 is 0 Å². The van der Waals surface area contributed by atoms with Gasteiger partial charge in [-0.25, -0.2) is 0 Å². The summed E-state index contributed by atoms with van der Waals surface area (Å²) < 4.78 is 15.6. The summed E-state index contributed by atoms with van der Waals surface area (Å²) in [7, 11) is 0. The van der Waals surface area contributed by atoms with Crippen molar-refractivity contribution in [1.82, 2.24) is 0 Å². The summed E-state index contributed by atoms with van der Waals surface area (Å²) in [6, 6.07) is 6.01. The van der Waals surface area contributed by atoms with Crippen LogP contribution < -0.4 is 4.74 Å². The number of ether oxygens (including phenoxy) is 3. The van der Waals surface area contributed by atoms with Crippen molar-refractivity contribution in [3.63, 3.8) is 0 Å². The van der Waals surface area contributed by atoms with E-state index in [0.717, 1.165) is 16.9 Å². The fraction of sp³-hybridized carbons (Fsp3) is 0.556. The molecule has 1 aromatic carbocycles. The Morgan fingerprint density at radius 1 is 1.04 bits per heavy atom. The third-order valence-electron chi connectivity index (χ3n) is 3.38. The molecule has 0 bridgehead atoms. The highest BCUT2D eigenvalue weighted by molar-refractivity contribution is 5.94. The topological polar surface area (TPSA) is 61.8 Å². The summed E-state index contributed by atoms with van der Waals surface area (Å²) in [5.74, 6) is -1.11. The minimum atomic E-state index is -0.878. The molecule has 0 atom stereocenters. The van der Waals surface area contributed by atoms with Crippen LogP contribution in [0.2, 0.25) is 0 Å². The van der Waals surface area contributed by atoms with Gasteiger partial charge in [-0.1, -0.05) is 12.1 Å². The molecular weight excluding hydrogens is 296 g/mol. The van der Waals surface area contributed by atoms with Gasteiger partial charge in [-0.3, -0.25) is 9.59 Å². The van der Waals surface area contributed by atoms with E-state index in [-0.39, 0.29) is 13.2 Å². The van der Waals surface area contributed by atoms with Gasteiger partial charge in [0.25, 0.3) is 0 Å². The van der Waals surface area contributed by atoms with Gasteiger partial charge in [-0.2, -0.15) is 0 Å². The van der Waals surface area contributed by atoms with Gasteiger partial charge in [-0.15, -0.1) is 0 Å². The summed E-state index contributed by atoms with van der Waals surface area (Å²) in [6.07, 6.45) is 0.915. The smallest absolute Gasteiger partial charge is 0.320 e. The Balaban J connectivity index is 2.52. The summed E-state index contributed by atoms with van der Waals surface area (Å²) in [5, 5.41) is 0. The summed E-state index contributed by atoms with van der Waals surface area (Å²) in [4.78, 5) is 23.7. The van der Waals surface area contributed by atoms with Gasteiger partial charge in [0, 0.05) is 0 Å². The van der Waals surface area contributed by atoms with E-state index in [0.29, 0.717) is 19.4 Å². The molecule has 5 heteroatoms. The van der Waals surface area contributed by atoms with Crippen LogP contribution in [0.15, 0.2) is 18.2 Å². The van der Waals surface area contributed by atoms with E-state index < -0.39 is 17.9 Å². The van der Waals surface area contributed by atoms with Gasteiger partial charge in [0.1, 0.15) is 5.75 Å². The third-order valence-corrected chi connectivity index (χ3v) is 3.38. The molecule has 0 fully saturated rings. The molecule has 0 aliphatic rings. The van der Waals surface area contributed by atoms with E-state index in [1.807, 2.05) is 32.0 Å². The summed E-state index contributed by atoms with van der Waals surface area (Å²) >= 11 is 0. The minimum absolute atomic E-state index is 0.244. The lowest BCUT2D eigenvalue weighted by Crippen LogP contribution is -2.28. The summed E-state index contributed by atoms with van der Waals surface area (Å²) in [6.45, 7) is 8.33. The van der Waals surface area contributed by atoms with Crippen molar-refractivity contribution in [3.8, 4) is 5.75 Å². The normalized spacial score (nSPS) is 10.5. The Bertz CT molecular complexity index is 506. The Hall–Kier alpha value is -2.04. The number of benzene rings is 1. The zero-order valence-electron chi connectivity index (χ0n) is 14.4. The second-order valence-corrected chi connectivity index (χ2v) is 5.32. The summed E-state index contributed by atoms with van der Waals surface area (Å²) in [5.41, 5.74) is 2.18.